The Bertz CT molecular complexity index is 487. The monoisotopic (exact) mass is 277 g/mol. The molecule has 5 nitrogen and oxygen atoms in total. The lowest BCUT2D eigenvalue weighted by Crippen LogP contribution is -2.40. The van der Waals surface area contributed by atoms with Gasteiger partial charge in [0.15, 0.2) is 0 Å². The third-order valence-electron chi connectivity index (χ3n) is 3.89. The number of likely N-dealkylation sites (tertiary alicyclic amines) is 1. The first kappa shape index (κ1) is 14.5. The van der Waals surface area contributed by atoms with Gasteiger partial charge in [-0.15, -0.1) is 0 Å². The zero-order chi connectivity index (χ0) is 14.7. The van der Waals surface area contributed by atoms with E-state index >= 15 is 0 Å². The van der Waals surface area contributed by atoms with Crippen LogP contribution in [0.25, 0.3) is 0 Å². The van der Waals surface area contributed by atoms with E-state index in [1.807, 2.05) is 0 Å². The van der Waals surface area contributed by atoms with E-state index in [1.165, 1.54) is 12.1 Å². The number of carbonyl (C=O) groups is 2. The Balaban J connectivity index is 2.00. The molecule has 1 unspecified atom stereocenters. The Morgan fingerprint density at radius 1 is 1.15 bits per heavy atom. The highest BCUT2D eigenvalue weighted by atomic mass is 16.4. The maximum atomic E-state index is 12.3. The zero-order valence-corrected chi connectivity index (χ0v) is 11.5. The number of hydrogen-bond acceptors (Lipinski definition) is 3. The van der Waals surface area contributed by atoms with Gasteiger partial charge < -0.3 is 15.1 Å². The molecular weight excluding hydrogens is 258 g/mol. The fourth-order valence-electron chi connectivity index (χ4n) is 2.52. The molecule has 1 aromatic carbocycles. The van der Waals surface area contributed by atoms with Gasteiger partial charge in [0.2, 0.25) is 0 Å². The number of benzene rings is 1. The molecule has 0 aliphatic carbocycles. The normalized spacial score (nSPS) is 17.8. The molecule has 0 aromatic heterocycles. The first-order valence-electron chi connectivity index (χ1n) is 6.79. The molecule has 1 amide bonds. The van der Waals surface area contributed by atoms with Crippen molar-refractivity contribution in [2.75, 3.05) is 13.1 Å². The lowest BCUT2D eigenvalue weighted by molar-refractivity contribution is 0.0521. The first-order chi connectivity index (χ1) is 9.49. The topological polar surface area (TPSA) is 77.8 Å². The van der Waals surface area contributed by atoms with Crippen molar-refractivity contribution < 1.29 is 19.8 Å². The number of carboxylic acids is 1. The number of carboxylic acid groups (broad SMARTS) is 1. The molecule has 1 saturated heterocycles. The molecule has 2 N–H and O–H groups in total. The lowest BCUT2D eigenvalue weighted by atomic mass is 9.92. The summed E-state index contributed by atoms with van der Waals surface area (Å²) in [7, 11) is 0. The van der Waals surface area contributed by atoms with Gasteiger partial charge in [0, 0.05) is 18.7 Å². The van der Waals surface area contributed by atoms with E-state index in [9.17, 15) is 14.7 Å². The molecule has 0 spiro atoms. The van der Waals surface area contributed by atoms with E-state index in [0.717, 1.165) is 12.8 Å². The molecule has 1 atom stereocenters. The maximum Gasteiger partial charge on any atom is 0.335 e. The fraction of sp³-hybridized carbons (Fsp3) is 0.467. The van der Waals surface area contributed by atoms with Crippen LogP contribution in [0.5, 0.6) is 0 Å². The fourth-order valence-corrected chi connectivity index (χ4v) is 2.52. The number of aromatic carboxylic acids is 1. The Morgan fingerprint density at radius 2 is 1.65 bits per heavy atom. The first-order valence-corrected chi connectivity index (χ1v) is 6.79. The summed E-state index contributed by atoms with van der Waals surface area (Å²) in [6.07, 6.45) is 1.27. The third kappa shape index (κ3) is 3.17. The lowest BCUT2D eigenvalue weighted by Gasteiger charge is -2.33. The van der Waals surface area contributed by atoms with Crippen molar-refractivity contribution in [3.63, 3.8) is 0 Å². The van der Waals surface area contributed by atoms with Crippen molar-refractivity contribution in [2.45, 2.75) is 25.9 Å². The predicted octanol–water partition coefficient (Wildman–Crippen LogP) is 1.62. The van der Waals surface area contributed by atoms with Gasteiger partial charge >= 0.3 is 5.97 Å². The number of hydrogen-bond donors (Lipinski definition) is 2. The van der Waals surface area contributed by atoms with Crippen molar-refractivity contribution >= 4 is 11.9 Å². The molecule has 1 heterocycles. The van der Waals surface area contributed by atoms with Gasteiger partial charge in [-0.3, -0.25) is 4.79 Å². The number of aliphatic hydroxyl groups excluding tert-OH is 1. The minimum absolute atomic E-state index is 0.0778. The summed E-state index contributed by atoms with van der Waals surface area (Å²) < 4.78 is 0. The molecule has 1 aromatic rings. The Morgan fingerprint density at radius 3 is 2.10 bits per heavy atom. The maximum absolute atomic E-state index is 12.3. The SMILES string of the molecule is CC(O)C1CCN(C(=O)c2ccc(C(=O)O)cc2)CC1. The molecule has 0 bridgehead atoms. The number of nitrogens with zero attached hydrogens (tertiary/aromatic N) is 1. The number of aliphatic hydroxyl groups is 1. The smallest absolute Gasteiger partial charge is 0.335 e. The summed E-state index contributed by atoms with van der Waals surface area (Å²) in [5.41, 5.74) is 0.680. The molecule has 1 aliphatic rings. The molecule has 5 heteroatoms. The van der Waals surface area contributed by atoms with Crippen LogP contribution < -0.4 is 0 Å². The third-order valence-corrected chi connectivity index (χ3v) is 3.89. The van der Waals surface area contributed by atoms with Crippen LogP contribution in [0.4, 0.5) is 0 Å². The largest absolute Gasteiger partial charge is 0.478 e. The minimum Gasteiger partial charge on any atom is -0.478 e. The van der Waals surface area contributed by atoms with Crippen molar-refractivity contribution in [3.05, 3.63) is 35.4 Å². The molecule has 1 fully saturated rings. The van der Waals surface area contributed by atoms with E-state index in [4.69, 9.17) is 5.11 Å². The average molecular weight is 277 g/mol. The van der Waals surface area contributed by atoms with Crippen LogP contribution in [0.1, 0.15) is 40.5 Å². The summed E-state index contributed by atoms with van der Waals surface area (Å²) in [4.78, 5) is 24.8. The summed E-state index contributed by atoms with van der Waals surface area (Å²) >= 11 is 0. The Kier molecular flexibility index (Phi) is 4.39. The van der Waals surface area contributed by atoms with E-state index in [1.54, 1.807) is 24.0 Å². The Hall–Kier alpha value is -1.88. The molecule has 1 aliphatic heterocycles. The number of amides is 1. The molecule has 0 saturated carbocycles. The van der Waals surface area contributed by atoms with Gasteiger partial charge in [-0.2, -0.15) is 0 Å². The van der Waals surface area contributed by atoms with Crippen LogP contribution in [-0.4, -0.2) is 46.2 Å². The quantitative estimate of drug-likeness (QED) is 0.880. The van der Waals surface area contributed by atoms with E-state index in [-0.39, 0.29) is 23.5 Å². The van der Waals surface area contributed by atoms with Gasteiger partial charge in [0.25, 0.3) is 5.91 Å². The summed E-state index contributed by atoms with van der Waals surface area (Å²) in [6, 6.07) is 5.98. The molecule has 0 radical (unpaired) electrons. The Labute approximate surface area is 117 Å². The van der Waals surface area contributed by atoms with Gasteiger partial charge in [-0.05, 0) is 49.9 Å². The van der Waals surface area contributed by atoms with Crippen LogP contribution >= 0.6 is 0 Å². The standard InChI is InChI=1S/C15H19NO4/c1-10(17)11-6-8-16(9-7-11)14(18)12-2-4-13(5-3-12)15(19)20/h2-5,10-11,17H,6-9H2,1H3,(H,19,20). The van der Waals surface area contributed by atoms with Crippen LogP contribution in [0.2, 0.25) is 0 Å². The van der Waals surface area contributed by atoms with Crippen LogP contribution in [0, 0.1) is 5.92 Å². The van der Waals surface area contributed by atoms with Crippen LogP contribution in [0.3, 0.4) is 0 Å². The second-order valence-corrected chi connectivity index (χ2v) is 5.25. The summed E-state index contributed by atoms with van der Waals surface area (Å²) in [5, 5.41) is 18.4. The van der Waals surface area contributed by atoms with Gasteiger partial charge in [0.05, 0.1) is 11.7 Å². The van der Waals surface area contributed by atoms with Gasteiger partial charge in [0.1, 0.15) is 0 Å². The molecule has 2 rings (SSSR count). The minimum atomic E-state index is -0.998. The second-order valence-electron chi connectivity index (χ2n) is 5.25. The van der Waals surface area contributed by atoms with Crippen molar-refractivity contribution in [1.29, 1.82) is 0 Å². The zero-order valence-electron chi connectivity index (χ0n) is 11.5. The highest BCUT2D eigenvalue weighted by Gasteiger charge is 2.25. The van der Waals surface area contributed by atoms with Crippen molar-refractivity contribution in [3.8, 4) is 0 Å². The van der Waals surface area contributed by atoms with Gasteiger partial charge in [-0.1, -0.05) is 0 Å². The van der Waals surface area contributed by atoms with E-state index < -0.39 is 5.97 Å². The predicted molar refractivity (Wildman–Crippen MR) is 73.7 cm³/mol. The summed E-state index contributed by atoms with van der Waals surface area (Å²) in [6.45, 7) is 3.05. The highest BCUT2D eigenvalue weighted by molar-refractivity contribution is 5.95. The highest BCUT2D eigenvalue weighted by Crippen LogP contribution is 2.22. The van der Waals surface area contributed by atoms with Crippen molar-refractivity contribution in [1.82, 2.24) is 4.90 Å². The summed E-state index contributed by atoms with van der Waals surface area (Å²) in [5.74, 6) is -0.818. The number of piperidine rings is 1. The van der Waals surface area contributed by atoms with E-state index in [0.29, 0.717) is 18.7 Å². The van der Waals surface area contributed by atoms with Crippen molar-refractivity contribution in [2.24, 2.45) is 5.92 Å². The average Bonchev–Trinajstić information content (AvgIpc) is 2.46. The number of carbonyl (C=O) groups excluding carboxylic acids is 1. The second kappa shape index (κ2) is 6.05. The van der Waals surface area contributed by atoms with Gasteiger partial charge in [-0.25, -0.2) is 4.79 Å². The van der Waals surface area contributed by atoms with Crippen LogP contribution in [0.15, 0.2) is 24.3 Å². The molecular formula is C15H19NO4. The van der Waals surface area contributed by atoms with Crippen LogP contribution in [-0.2, 0) is 0 Å². The molecule has 108 valence electrons. The molecule has 20 heavy (non-hydrogen) atoms. The number of rotatable bonds is 3. The van der Waals surface area contributed by atoms with E-state index in [2.05, 4.69) is 0 Å².